The third-order valence-corrected chi connectivity index (χ3v) is 9.65. The molecule has 4 aromatic rings. The van der Waals surface area contributed by atoms with Crippen molar-refractivity contribution in [3.8, 4) is 34.1 Å². The van der Waals surface area contributed by atoms with Crippen LogP contribution in [0.2, 0.25) is 0 Å². The lowest BCUT2D eigenvalue weighted by Crippen LogP contribution is -2.44. The van der Waals surface area contributed by atoms with Gasteiger partial charge >= 0.3 is 23.9 Å². The van der Waals surface area contributed by atoms with E-state index < -0.39 is 29.5 Å². The highest BCUT2D eigenvalue weighted by molar-refractivity contribution is 7.98. The fraction of sp³-hybridized carbons (Fsp3) is 0.227. The van der Waals surface area contributed by atoms with Crippen LogP contribution in [0.1, 0.15) is 27.7 Å². The molecule has 1 atom stereocenters. The smallest absolute Gasteiger partial charge is 0.339 e. The topological polar surface area (TPSA) is 164 Å². The summed E-state index contributed by atoms with van der Waals surface area (Å²) in [6.07, 6.45) is 5.48. The van der Waals surface area contributed by atoms with E-state index in [2.05, 4.69) is 0 Å². The first kappa shape index (κ1) is 44.6. The van der Waals surface area contributed by atoms with Gasteiger partial charge in [0.1, 0.15) is 48.6 Å². The number of allylic oxidation sites excluding steroid dienone is 1. The van der Waals surface area contributed by atoms with Gasteiger partial charge in [-0.25, -0.2) is 19.2 Å². The van der Waals surface area contributed by atoms with Crippen LogP contribution in [0.4, 0.5) is 0 Å². The molecule has 0 aromatic heterocycles. The van der Waals surface area contributed by atoms with Gasteiger partial charge in [-0.1, -0.05) is 24.3 Å². The number of carbonyl (C=O) groups excluding carboxylic acids is 2. The molecule has 0 aliphatic heterocycles. The van der Waals surface area contributed by atoms with Gasteiger partial charge in [-0.05, 0) is 124 Å². The first-order valence-corrected chi connectivity index (χ1v) is 20.1. The number of ether oxygens (including phenoxy) is 6. The standard InChI is InChI=1S/C44H44O12S2/c1-28(23-40(45)46)42(49)54-30(3)39(25-51-33-15-19-37(57-5)20-16-33)55-36-13-9-32(10-14-36)31-7-11-34(12-8-31)52-26-44(4,56-43(50)29(2)24-41(47)48)27-53-35-17-21-38(58-6)22-18-35/h7-24H,25-27H2,1-6H3,(H,45,46)(H,47,48)/b28-23?,29-24?,39-30-. The zero-order chi connectivity index (χ0) is 42.2. The minimum Gasteiger partial charge on any atom is -0.489 e. The Bertz CT molecular complexity index is 2140. The lowest BCUT2D eigenvalue weighted by molar-refractivity contribution is -0.160. The summed E-state index contributed by atoms with van der Waals surface area (Å²) in [7, 11) is 0. The van der Waals surface area contributed by atoms with Crippen molar-refractivity contribution in [2.45, 2.75) is 43.1 Å². The van der Waals surface area contributed by atoms with Crippen LogP contribution in [-0.4, -0.2) is 72.0 Å². The van der Waals surface area contributed by atoms with Crippen LogP contribution < -0.4 is 18.9 Å². The number of carbonyl (C=O) groups is 4. The molecule has 0 spiro atoms. The van der Waals surface area contributed by atoms with Crippen molar-refractivity contribution in [2.24, 2.45) is 0 Å². The number of benzene rings is 4. The van der Waals surface area contributed by atoms with Crippen LogP contribution in [0.5, 0.6) is 23.0 Å². The zero-order valence-corrected chi connectivity index (χ0v) is 34.4. The maximum atomic E-state index is 12.8. The van der Waals surface area contributed by atoms with E-state index in [1.807, 2.05) is 85.3 Å². The van der Waals surface area contributed by atoms with Gasteiger partial charge in [-0.15, -0.1) is 23.5 Å². The van der Waals surface area contributed by atoms with Gasteiger partial charge in [-0.3, -0.25) is 0 Å². The molecule has 14 heteroatoms. The number of rotatable bonds is 20. The van der Waals surface area contributed by atoms with Crippen molar-refractivity contribution in [1.29, 1.82) is 0 Å². The van der Waals surface area contributed by atoms with Crippen LogP contribution in [0.3, 0.4) is 0 Å². The molecule has 304 valence electrons. The van der Waals surface area contributed by atoms with Crippen LogP contribution in [0.15, 0.2) is 142 Å². The largest absolute Gasteiger partial charge is 0.489 e. The molecule has 0 saturated carbocycles. The molecular formula is C44H44O12S2. The van der Waals surface area contributed by atoms with Gasteiger partial charge in [0, 0.05) is 33.1 Å². The number of hydrogen-bond donors (Lipinski definition) is 2. The molecule has 0 radical (unpaired) electrons. The lowest BCUT2D eigenvalue weighted by atomic mass is 10.1. The lowest BCUT2D eigenvalue weighted by Gasteiger charge is -2.29. The molecule has 0 heterocycles. The third-order valence-electron chi connectivity index (χ3n) is 8.16. The first-order chi connectivity index (χ1) is 27.7. The van der Waals surface area contributed by atoms with Crippen LogP contribution in [-0.2, 0) is 28.7 Å². The summed E-state index contributed by atoms with van der Waals surface area (Å²) in [5.74, 6) is -1.84. The predicted molar refractivity (Wildman–Crippen MR) is 222 cm³/mol. The summed E-state index contributed by atoms with van der Waals surface area (Å²) in [5.41, 5.74) is 0.241. The molecule has 58 heavy (non-hydrogen) atoms. The van der Waals surface area contributed by atoms with Crippen molar-refractivity contribution < 1.29 is 57.8 Å². The Morgan fingerprint density at radius 1 is 0.586 bits per heavy atom. The summed E-state index contributed by atoms with van der Waals surface area (Å²) in [5, 5.41) is 18.1. The Labute approximate surface area is 345 Å². The van der Waals surface area contributed by atoms with Crippen LogP contribution in [0.25, 0.3) is 11.1 Å². The van der Waals surface area contributed by atoms with Gasteiger partial charge in [0.2, 0.25) is 0 Å². The Balaban J connectivity index is 1.46. The quantitative estimate of drug-likeness (QED) is 0.0376. The minimum absolute atomic E-state index is 0.0676. The van der Waals surface area contributed by atoms with Gasteiger partial charge in [0.15, 0.2) is 11.4 Å². The Kier molecular flexibility index (Phi) is 16.5. The summed E-state index contributed by atoms with van der Waals surface area (Å²) < 4.78 is 35.3. The molecular weight excluding hydrogens is 785 g/mol. The number of carboxylic acid groups (broad SMARTS) is 2. The van der Waals surface area contributed by atoms with Gasteiger partial charge in [0.05, 0.1) is 0 Å². The SMILES string of the molecule is CSc1ccc(OC/C(Oc2ccc(-c3ccc(OCC(C)(COc4ccc(SC)cc4)OC(=O)C(C)=CC(=O)O)cc3)cc2)=C(\C)OC(=O)C(C)=CC(=O)O)cc1. The van der Waals surface area contributed by atoms with Crippen molar-refractivity contribution >= 4 is 47.4 Å². The fourth-order valence-corrected chi connectivity index (χ4v) is 5.76. The highest BCUT2D eigenvalue weighted by atomic mass is 32.2. The molecule has 0 bridgehead atoms. The van der Waals surface area contributed by atoms with E-state index >= 15 is 0 Å². The minimum atomic E-state index is -1.29. The van der Waals surface area contributed by atoms with E-state index in [1.165, 1.54) is 20.8 Å². The van der Waals surface area contributed by atoms with Gasteiger partial charge in [-0.2, -0.15) is 0 Å². The maximum absolute atomic E-state index is 12.8. The molecule has 4 rings (SSSR count). The Morgan fingerprint density at radius 2 is 0.983 bits per heavy atom. The molecule has 0 saturated heterocycles. The molecule has 0 aliphatic rings. The fourth-order valence-electron chi connectivity index (χ4n) is 4.94. The van der Waals surface area contributed by atoms with E-state index in [-0.39, 0.29) is 42.5 Å². The summed E-state index contributed by atoms with van der Waals surface area (Å²) in [6, 6.07) is 29.3. The molecule has 0 aliphatic carbocycles. The monoisotopic (exact) mass is 828 g/mol. The third kappa shape index (κ3) is 14.1. The number of aliphatic carboxylic acids is 2. The van der Waals surface area contributed by atoms with E-state index in [0.717, 1.165) is 33.1 Å². The molecule has 1 unspecified atom stereocenters. The van der Waals surface area contributed by atoms with Crippen molar-refractivity contribution in [3.05, 3.63) is 132 Å². The highest BCUT2D eigenvalue weighted by Gasteiger charge is 2.32. The molecule has 0 fully saturated rings. The second kappa shape index (κ2) is 21.4. The number of hydrogen-bond acceptors (Lipinski definition) is 12. The second-order valence-electron chi connectivity index (χ2n) is 12.9. The number of esters is 2. The average molecular weight is 829 g/mol. The average Bonchev–Trinajstić information content (AvgIpc) is 3.21. The maximum Gasteiger partial charge on any atom is 0.339 e. The Hall–Kier alpha value is -6.12. The second-order valence-corrected chi connectivity index (χ2v) is 14.7. The molecule has 2 N–H and O–H groups in total. The van der Waals surface area contributed by atoms with Crippen LogP contribution >= 0.6 is 23.5 Å². The number of carboxylic acids is 2. The van der Waals surface area contributed by atoms with Gasteiger partial charge < -0.3 is 38.6 Å². The summed E-state index contributed by atoms with van der Waals surface area (Å²) in [6.45, 7) is 5.62. The number of thioether (sulfide) groups is 2. The molecule has 4 aromatic carbocycles. The van der Waals surface area contributed by atoms with Crippen molar-refractivity contribution in [1.82, 2.24) is 0 Å². The van der Waals surface area contributed by atoms with E-state index in [4.69, 9.17) is 38.6 Å². The zero-order valence-electron chi connectivity index (χ0n) is 32.8. The summed E-state index contributed by atoms with van der Waals surface area (Å²) >= 11 is 3.19. The van der Waals surface area contributed by atoms with Crippen LogP contribution in [0, 0.1) is 0 Å². The van der Waals surface area contributed by atoms with E-state index in [1.54, 1.807) is 54.7 Å². The highest BCUT2D eigenvalue weighted by Crippen LogP contribution is 2.28. The van der Waals surface area contributed by atoms with E-state index in [0.29, 0.717) is 23.0 Å². The van der Waals surface area contributed by atoms with Gasteiger partial charge in [0.25, 0.3) is 0 Å². The summed E-state index contributed by atoms with van der Waals surface area (Å²) in [4.78, 5) is 49.7. The van der Waals surface area contributed by atoms with Crippen molar-refractivity contribution in [3.63, 3.8) is 0 Å². The normalized spacial score (nSPS) is 13.0. The Morgan fingerprint density at radius 3 is 1.41 bits per heavy atom. The molecule has 0 amide bonds. The van der Waals surface area contributed by atoms with Crippen molar-refractivity contribution in [2.75, 3.05) is 32.3 Å². The first-order valence-electron chi connectivity index (χ1n) is 17.7. The predicted octanol–water partition coefficient (Wildman–Crippen LogP) is 8.85. The molecule has 12 nitrogen and oxygen atoms in total. The van der Waals surface area contributed by atoms with E-state index in [9.17, 15) is 19.2 Å².